The van der Waals surface area contributed by atoms with Crippen LogP contribution in [0.4, 0.5) is 0 Å². The monoisotopic (exact) mass is 365 g/mol. The van der Waals surface area contributed by atoms with Gasteiger partial charge in [-0.25, -0.2) is 4.98 Å². The van der Waals surface area contributed by atoms with Crippen LogP contribution in [0.15, 0.2) is 12.5 Å². The fourth-order valence-corrected chi connectivity index (χ4v) is 0.715. The van der Waals surface area contributed by atoms with Crippen LogP contribution in [0.5, 0.6) is 0 Å². The van der Waals surface area contributed by atoms with Gasteiger partial charge in [-0.3, -0.25) is 4.79 Å². The van der Waals surface area contributed by atoms with Crippen molar-refractivity contribution in [2.45, 2.75) is 12.5 Å². The molecule has 0 amide bonds. The molecule has 1 rings (SSSR count). The van der Waals surface area contributed by atoms with E-state index < -0.39 is 12.0 Å². The number of carboxylic acid groups (broad SMARTS) is 1. The Bertz CT molecular complexity index is 237. The van der Waals surface area contributed by atoms with Crippen LogP contribution in [0.2, 0.25) is 0 Å². The number of nitrogens with one attached hydrogen (secondary N) is 1. The second kappa shape index (κ2) is 5.25. The van der Waals surface area contributed by atoms with Gasteiger partial charge in [-0.1, -0.05) is 0 Å². The van der Waals surface area contributed by atoms with Gasteiger partial charge in [-0.2, -0.15) is 0 Å². The minimum atomic E-state index is -1.01. The van der Waals surface area contributed by atoms with E-state index in [-0.39, 0.29) is 33.7 Å². The summed E-state index contributed by atoms with van der Waals surface area (Å²) in [7, 11) is 0. The zero-order chi connectivity index (χ0) is 8.27. The number of carboxylic acids is 1. The van der Waals surface area contributed by atoms with Crippen molar-refractivity contribution < 1.29 is 9.90 Å². The number of hydrogen-bond donors (Lipinski definition) is 3. The first-order valence-corrected chi connectivity index (χ1v) is 3.16. The third-order valence-electron chi connectivity index (χ3n) is 1.30. The summed E-state index contributed by atoms with van der Waals surface area (Å²) in [5.41, 5.74) is 5.92. The van der Waals surface area contributed by atoms with E-state index in [2.05, 4.69) is 9.97 Å². The Morgan fingerprint density at radius 3 is 2.92 bits per heavy atom. The van der Waals surface area contributed by atoms with Gasteiger partial charge in [0.1, 0.15) is 6.04 Å². The molecule has 1 unspecified atom stereocenters. The van der Waals surface area contributed by atoms with E-state index in [1.807, 2.05) is 0 Å². The third-order valence-corrected chi connectivity index (χ3v) is 1.30. The number of aromatic nitrogens is 2. The molecule has 0 aliphatic carbocycles. The zero-order valence-corrected chi connectivity index (χ0v) is 12.0. The maximum absolute atomic E-state index is 10.3. The predicted octanol–water partition coefficient (Wildman–Crippen LogP) is -1.55. The van der Waals surface area contributed by atoms with Crippen LogP contribution in [-0.4, -0.2) is 54.4 Å². The number of H-pyrrole nitrogens is 1. The van der Waals surface area contributed by atoms with Crippen LogP contribution in [-0.2, 0) is 11.2 Å². The Hall–Kier alpha value is -0.438. The van der Waals surface area contributed by atoms with Crippen LogP contribution in [0, 0.1) is 0 Å². The Morgan fingerprint density at radius 1 is 1.83 bits per heavy atom. The molecule has 1 heterocycles. The molecule has 1 aromatic heterocycles. The Morgan fingerprint density at radius 2 is 2.50 bits per heavy atom. The second-order valence-corrected chi connectivity index (χ2v) is 2.21. The third kappa shape index (κ3) is 3.31. The van der Waals surface area contributed by atoms with Crippen molar-refractivity contribution >= 4 is 33.3 Å². The van der Waals surface area contributed by atoms with E-state index in [0.717, 1.165) is 0 Å². The topological polar surface area (TPSA) is 92.0 Å². The molecule has 0 saturated heterocycles. The molecule has 5 nitrogen and oxygen atoms in total. The molecule has 0 fully saturated rings. The van der Waals surface area contributed by atoms with E-state index in [1.54, 1.807) is 6.20 Å². The van der Waals surface area contributed by atoms with Crippen molar-refractivity contribution in [2.24, 2.45) is 5.73 Å². The fourth-order valence-electron chi connectivity index (χ4n) is 0.715. The van der Waals surface area contributed by atoms with Gasteiger partial charge in [0.2, 0.25) is 0 Å². The van der Waals surface area contributed by atoms with E-state index in [4.69, 9.17) is 10.8 Å². The first-order valence-electron chi connectivity index (χ1n) is 3.16. The molecule has 0 saturated carbocycles. The van der Waals surface area contributed by atoms with Crippen molar-refractivity contribution in [2.75, 3.05) is 0 Å². The van der Waals surface area contributed by atoms with Crippen molar-refractivity contribution in [1.29, 1.82) is 0 Å². The second-order valence-electron chi connectivity index (χ2n) is 2.21. The SMILES string of the molecule is NC(Cc1c[nH]cn1)C(=O)O.[PbH2]. The van der Waals surface area contributed by atoms with Gasteiger partial charge in [0, 0.05) is 12.6 Å². The molecular weight excluding hydrogens is 353 g/mol. The summed E-state index contributed by atoms with van der Waals surface area (Å²) in [4.78, 5) is 16.8. The predicted molar refractivity (Wildman–Crippen MR) is 46.4 cm³/mol. The normalized spacial score (nSPS) is 11.8. The average molecular weight is 364 g/mol. The van der Waals surface area contributed by atoms with E-state index in [0.29, 0.717) is 5.69 Å². The maximum atomic E-state index is 10.3. The van der Waals surface area contributed by atoms with Crippen LogP contribution >= 0.6 is 0 Å². The van der Waals surface area contributed by atoms with Gasteiger partial charge in [-0.15, -0.1) is 0 Å². The van der Waals surface area contributed by atoms with Gasteiger partial charge >= 0.3 is 33.3 Å². The molecule has 4 N–H and O–H groups in total. The van der Waals surface area contributed by atoms with Crippen molar-refractivity contribution in [1.82, 2.24) is 9.97 Å². The van der Waals surface area contributed by atoms with Gasteiger partial charge in [-0.05, 0) is 0 Å². The van der Waals surface area contributed by atoms with Crippen LogP contribution < -0.4 is 5.73 Å². The Kier molecular flexibility index (Phi) is 5.06. The number of carbonyl (C=O) groups is 1. The van der Waals surface area contributed by atoms with Crippen LogP contribution in [0.25, 0.3) is 0 Å². The molecule has 0 bridgehead atoms. The summed E-state index contributed by atoms with van der Waals surface area (Å²) in [5.74, 6) is -1.01. The summed E-state index contributed by atoms with van der Waals surface area (Å²) in [6.45, 7) is 0. The Labute approximate surface area is 89.5 Å². The quantitative estimate of drug-likeness (QED) is 0.566. The van der Waals surface area contributed by atoms with Gasteiger partial charge in [0.25, 0.3) is 0 Å². The molecule has 12 heavy (non-hydrogen) atoms. The van der Waals surface area contributed by atoms with E-state index in [9.17, 15) is 4.79 Å². The van der Waals surface area contributed by atoms with E-state index in [1.165, 1.54) is 6.33 Å². The summed E-state index contributed by atoms with van der Waals surface area (Å²) in [5, 5.41) is 8.42. The minimum absolute atomic E-state index is 0. The Balaban J connectivity index is 0.00000121. The zero-order valence-electron chi connectivity index (χ0n) is 6.53. The molecule has 0 aliphatic rings. The van der Waals surface area contributed by atoms with Crippen LogP contribution in [0.3, 0.4) is 0 Å². The van der Waals surface area contributed by atoms with Gasteiger partial charge < -0.3 is 15.8 Å². The molecule has 0 aromatic carbocycles. The first kappa shape index (κ1) is 11.6. The van der Waals surface area contributed by atoms with Crippen LogP contribution in [0.1, 0.15) is 5.69 Å². The standard InChI is InChI=1S/C6H9N3O2.Pb.2H/c7-5(6(10)11)1-4-2-8-3-9-4;;;/h2-3,5H,1,7H2,(H,8,9)(H,10,11);;;. The van der Waals surface area contributed by atoms with Crippen molar-refractivity contribution in [3.05, 3.63) is 18.2 Å². The van der Waals surface area contributed by atoms with Crippen molar-refractivity contribution in [3.63, 3.8) is 0 Å². The summed E-state index contributed by atoms with van der Waals surface area (Å²) >= 11 is 0. The summed E-state index contributed by atoms with van der Waals surface area (Å²) in [6.07, 6.45) is 3.38. The molecule has 0 spiro atoms. The molecular formula is C6H11N3O2Pb. The number of hydrogen-bond acceptors (Lipinski definition) is 3. The average Bonchev–Trinajstić information content (AvgIpc) is 2.39. The molecule has 2 radical (unpaired) electrons. The molecule has 1 aromatic rings. The molecule has 6 heteroatoms. The van der Waals surface area contributed by atoms with Crippen molar-refractivity contribution in [3.8, 4) is 0 Å². The van der Waals surface area contributed by atoms with Gasteiger partial charge in [0.15, 0.2) is 0 Å². The number of rotatable bonds is 3. The number of aromatic amines is 1. The molecule has 1 atom stereocenters. The summed E-state index contributed by atoms with van der Waals surface area (Å²) in [6, 6.07) is -0.863. The van der Waals surface area contributed by atoms with E-state index >= 15 is 0 Å². The van der Waals surface area contributed by atoms with Gasteiger partial charge in [0.05, 0.1) is 12.0 Å². The fraction of sp³-hybridized carbons (Fsp3) is 0.333. The molecule has 0 aliphatic heterocycles. The summed E-state index contributed by atoms with van der Waals surface area (Å²) < 4.78 is 0. The first-order chi connectivity index (χ1) is 5.20. The number of nitrogens with two attached hydrogens (primary N) is 1. The number of nitrogens with zero attached hydrogens (tertiary/aromatic N) is 1. The molecule has 66 valence electrons. The number of imidazole rings is 1. The number of aliphatic carboxylic acids is 1.